The Morgan fingerprint density at radius 1 is 1.43 bits per heavy atom. The molecule has 0 radical (unpaired) electrons. The van der Waals surface area contributed by atoms with Crippen LogP contribution in [0.25, 0.3) is 11.0 Å². The summed E-state index contributed by atoms with van der Waals surface area (Å²) in [7, 11) is 0. The molecule has 0 aliphatic heterocycles. The minimum absolute atomic E-state index is 0.0753. The summed E-state index contributed by atoms with van der Waals surface area (Å²) in [6.07, 6.45) is 0.706. The van der Waals surface area contributed by atoms with E-state index >= 15 is 0 Å². The first kappa shape index (κ1) is 9.28. The highest BCUT2D eigenvalue weighted by molar-refractivity contribution is 6.35. The standard InChI is InChI=1S/C11H9ClO2/c1-2-7-6-9(13)11-8(12)4-3-5-10(11)14-7/h3-6H,2H2,1H3. The predicted molar refractivity (Wildman–Crippen MR) is 56.9 cm³/mol. The minimum Gasteiger partial charge on any atom is -0.461 e. The van der Waals surface area contributed by atoms with Crippen LogP contribution in [0.4, 0.5) is 0 Å². The molecule has 0 saturated carbocycles. The van der Waals surface area contributed by atoms with Gasteiger partial charge in [0.2, 0.25) is 0 Å². The van der Waals surface area contributed by atoms with Gasteiger partial charge in [-0.25, -0.2) is 0 Å². The largest absolute Gasteiger partial charge is 0.461 e. The highest BCUT2D eigenvalue weighted by atomic mass is 35.5. The number of aryl methyl sites for hydroxylation is 1. The van der Waals surface area contributed by atoms with Crippen molar-refractivity contribution >= 4 is 22.6 Å². The zero-order valence-electron chi connectivity index (χ0n) is 7.71. The minimum atomic E-state index is -0.0753. The van der Waals surface area contributed by atoms with Crippen molar-refractivity contribution in [3.63, 3.8) is 0 Å². The topological polar surface area (TPSA) is 30.2 Å². The fourth-order valence-electron chi connectivity index (χ4n) is 1.39. The molecule has 2 aromatic rings. The molecule has 3 heteroatoms. The molecule has 0 N–H and O–H groups in total. The molecule has 0 aliphatic carbocycles. The van der Waals surface area contributed by atoms with Gasteiger partial charge < -0.3 is 4.42 Å². The third kappa shape index (κ3) is 1.42. The van der Waals surface area contributed by atoms with Gasteiger partial charge in [-0.05, 0) is 12.1 Å². The van der Waals surface area contributed by atoms with Crippen molar-refractivity contribution in [2.24, 2.45) is 0 Å². The van der Waals surface area contributed by atoms with Gasteiger partial charge >= 0.3 is 0 Å². The van der Waals surface area contributed by atoms with Gasteiger partial charge in [-0.3, -0.25) is 4.79 Å². The van der Waals surface area contributed by atoms with Crippen LogP contribution in [0, 0.1) is 0 Å². The maximum Gasteiger partial charge on any atom is 0.194 e. The van der Waals surface area contributed by atoms with Crippen molar-refractivity contribution in [3.8, 4) is 0 Å². The average molecular weight is 209 g/mol. The first-order valence-electron chi connectivity index (χ1n) is 4.43. The van der Waals surface area contributed by atoms with E-state index in [1.165, 1.54) is 6.07 Å². The zero-order valence-corrected chi connectivity index (χ0v) is 8.47. The Morgan fingerprint density at radius 3 is 2.93 bits per heavy atom. The second-order valence-corrected chi connectivity index (χ2v) is 3.45. The van der Waals surface area contributed by atoms with E-state index in [1.807, 2.05) is 6.92 Å². The zero-order chi connectivity index (χ0) is 10.1. The fraction of sp³-hybridized carbons (Fsp3) is 0.182. The van der Waals surface area contributed by atoms with Gasteiger partial charge in [-0.15, -0.1) is 0 Å². The Labute approximate surface area is 86.1 Å². The molecule has 1 heterocycles. The van der Waals surface area contributed by atoms with E-state index in [4.69, 9.17) is 16.0 Å². The van der Waals surface area contributed by atoms with Crippen LogP contribution in [-0.2, 0) is 6.42 Å². The van der Waals surface area contributed by atoms with Crippen LogP contribution in [0.5, 0.6) is 0 Å². The number of fused-ring (bicyclic) bond motifs is 1. The van der Waals surface area contributed by atoms with Crippen LogP contribution >= 0.6 is 11.6 Å². The molecule has 1 aromatic carbocycles. The van der Waals surface area contributed by atoms with Crippen LogP contribution < -0.4 is 5.43 Å². The van der Waals surface area contributed by atoms with Gasteiger partial charge in [-0.2, -0.15) is 0 Å². The molecule has 72 valence electrons. The van der Waals surface area contributed by atoms with Gasteiger partial charge in [0.05, 0.1) is 10.4 Å². The molecule has 0 unspecified atom stereocenters. The second kappa shape index (κ2) is 3.46. The van der Waals surface area contributed by atoms with Gasteiger partial charge in [0.25, 0.3) is 0 Å². The molecule has 0 fully saturated rings. The third-order valence-corrected chi connectivity index (χ3v) is 2.42. The van der Waals surface area contributed by atoms with Crippen LogP contribution in [-0.4, -0.2) is 0 Å². The summed E-state index contributed by atoms with van der Waals surface area (Å²) >= 11 is 5.90. The number of halogens is 1. The van der Waals surface area contributed by atoms with Crippen molar-refractivity contribution in [2.75, 3.05) is 0 Å². The molecule has 1 aromatic heterocycles. The summed E-state index contributed by atoms with van der Waals surface area (Å²) in [6, 6.07) is 6.70. The summed E-state index contributed by atoms with van der Waals surface area (Å²) < 4.78 is 5.49. The smallest absolute Gasteiger partial charge is 0.194 e. The highest BCUT2D eigenvalue weighted by Crippen LogP contribution is 2.20. The molecular formula is C11H9ClO2. The Morgan fingerprint density at radius 2 is 2.21 bits per heavy atom. The molecule has 0 saturated heterocycles. The van der Waals surface area contributed by atoms with Crippen LogP contribution in [0.15, 0.2) is 33.5 Å². The lowest BCUT2D eigenvalue weighted by atomic mass is 10.2. The summed E-state index contributed by atoms with van der Waals surface area (Å²) in [5, 5.41) is 0.908. The summed E-state index contributed by atoms with van der Waals surface area (Å²) in [5.74, 6) is 0.685. The van der Waals surface area contributed by atoms with E-state index in [0.29, 0.717) is 28.2 Å². The van der Waals surface area contributed by atoms with Crippen molar-refractivity contribution in [1.29, 1.82) is 0 Å². The Kier molecular flexibility index (Phi) is 2.30. The van der Waals surface area contributed by atoms with Crippen LogP contribution in [0.3, 0.4) is 0 Å². The summed E-state index contributed by atoms with van der Waals surface area (Å²) in [5.41, 5.74) is 0.482. The van der Waals surface area contributed by atoms with E-state index in [2.05, 4.69) is 0 Å². The lowest BCUT2D eigenvalue weighted by Crippen LogP contribution is -2.01. The molecule has 2 rings (SSSR count). The molecule has 0 amide bonds. The van der Waals surface area contributed by atoms with Gasteiger partial charge in [-0.1, -0.05) is 24.6 Å². The monoisotopic (exact) mass is 208 g/mol. The average Bonchev–Trinajstić information content (AvgIpc) is 2.17. The molecule has 0 atom stereocenters. The molecule has 0 spiro atoms. The first-order valence-corrected chi connectivity index (χ1v) is 4.81. The highest BCUT2D eigenvalue weighted by Gasteiger charge is 2.06. The van der Waals surface area contributed by atoms with E-state index in [9.17, 15) is 4.79 Å². The van der Waals surface area contributed by atoms with Gasteiger partial charge in [0.15, 0.2) is 5.43 Å². The van der Waals surface area contributed by atoms with E-state index < -0.39 is 0 Å². The Bertz CT molecular complexity index is 528. The quantitative estimate of drug-likeness (QED) is 0.721. The Balaban J connectivity index is 2.90. The van der Waals surface area contributed by atoms with E-state index in [0.717, 1.165) is 0 Å². The van der Waals surface area contributed by atoms with E-state index in [-0.39, 0.29) is 5.43 Å². The van der Waals surface area contributed by atoms with E-state index in [1.54, 1.807) is 18.2 Å². The fourth-order valence-corrected chi connectivity index (χ4v) is 1.65. The Hall–Kier alpha value is -1.28. The van der Waals surface area contributed by atoms with Crippen molar-refractivity contribution in [2.45, 2.75) is 13.3 Å². The maximum atomic E-state index is 11.6. The lowest BCUT2D eigenvalue weighted by molar-refractivity contribution is 0.543. The van der Waals surface area contributed by atoms with Crippen LogP contribution in [0.1, 0.15) is 12.7 Å². The summed E-state index contributed by atoms with van der Waals surface area (Å²) in [4.78, 5) is 11.6. The van der Waals surface area contributed by atoms with Crippen LogP contribution in [0.2, 0.25) is 5.02 Å². The normalized spacial score (nSPS) is 10.7. The van der Waals surface area contributed by atoms with Crippen molar-refractivity contribution < 1.29 is 4.42 Å². The molecule has 2 nitrogen and oxygen atoms in total. The number of benzene rings is 1. The SMILES string of the molecule is CCc1cc(=O)c2c(Cl)cccc2o1. The number of hydrogen-bond donors (Lipinski definition) is 0. The lowest BCUT2D eigenvalue weighted by Gasteiger charge is -2.00. The third-order valence-electron chi connectivity index (χ3n) is 2.10. The maximum absolute atomic E-state index is 11.6. The molecule has 0 aliphatic rings. The van der Waals surface area contributed by atoms with Crippen molar-refractivity contribution in [1.82, 2.24) is 0 Å². The van der Waals surface area contributed by atoms with Gasteiger partial charge in [0, 0.05) is 12.5 Å². The predicted octanol–water partition coefficient (Wildman–Crippen LogP) is 3.01. The molecule has 0 bridgehead atoms. The molecule has 14 heavy (non-hydrogen) atoms. The number of rotatable bonds is 1. The van der Waals surface area contributed by atoms with Crippen molar-refractivity contribution in [3.05, 3.63) is 45.3 Å². The first-order chi connectivity index (χ1) is 6.72. The number of hydrogen-bond acceptors (Lipinski definition) is 2. The second-order valence-electron chi connectivity index (χ2n) is 3.04. The van der Waals surface area contributed by atoms with Gasteiger partial charge in [0.1, 0.15) is 11.3 Å². The molecular weight excluding hydrogens is 200 g/mol. The summed E-state index contributed by atoms with van der Waals surface area (Å²) in [6.45, 7) is 1.94.